The number of aromatic nitrogens is 4. The summed E-state index contributed by atoms with van der Waals surface area (Å²) in [7, 11) is 0. The molecule has 1 amide bonds. The van der Waals surface area contributed by atoms with Crippen molar-refractivity contribution in [3.63, 3.8) is 0 Å². The van der Waals surface area contributed by atoms with E-state index in [2.05, 4.69) is 20.5 Å². The second kappa shape index (κ2) is 9.36. The Labute approximate surface area is 176 Å². The molecule has 0 saturated heterocycles. The fraction of sp³-hybridized carbons (Fsp3) is 0.368. The van der Waals surface area contributed by atoms with Crippen LogP contribution in [0.1, 0.15) is 44.4 Å². The fourth-order valence-electron chi connectivity index (χ4n) is 2.62. The molecule has 0 bridgehead atoms. The van der Waals surface area contributed by atoms with Gasteiger partial charge in [-0.05, 0) is 52.0 Å². The Hall–Kier alpha value is -2.46. The molecule has 1 aromatic carbocycles. The third-order valence-corrected chi connectivity index (χ3v) is 5.71. The highest BCUT2D eigenvalue weighted by atomic mass is 32.2. The lowest BCUT2D eigenvalue weighted by molar-refractivity contribution is -0.113. The van der Waals surface area contributed by atoms with Gasteiger partial charge >= 0.3 is 0 Å². The number of thiazole rings is 1. The van der Waals surface area contributed by atoms with Gasteiger partial charge in [0.1, 0.15) is 11.6 Å². The summed E-state index contributed by atoms with van der Waals surface area (Å²) in [6.07, 6.45) is -0.392. The van der Waals surface area contributed by atoms with Crippen molar-refractivity contribution < 1.29 is 13.9 Å². The molecular weight excluding hydrogens is 413 g/mol. The average molecular weight is 436 g/mol. The van der Waals surface area contributed by atoms with Gasteiger partial charge in [-0.15, -0.1) is 21.5 Å². The normalized spacial score (nSPS) is 12.2. The number of nitrogens with one attached hydrogen (secondary N) is 1. The van der Waals surface area contributed by atoms with Crippen molar-refractivity contribution >= 4 is 34.1 Å². The molecule has 3 rings (SSSR count). The molecule has 1 unspecified atom stereocenters. The summed E-state index contributed by atoms with van der Waals surface area (Å²) in [6.45, 7) is 7.76. The van der Waals surface area contributed by atoms with E-state index in [9.17, 15) is 9.18 Å². The first-order valence-electron chi connectivity index (χ1n) is 9.05. The summed E-state index contributed by atoms with van der Waals surface area (Å²) in [6, 6.07) is 5.91. The van der Waals surface area contributed by atoms with E-state index >= 15 is 0 Å². The number of benzene rings is 1. The monoisotopic (exact) mass is 435 g/mol. The van der Waals surface area contributed by atoms with Crippen LogP contribution < -0.4 is 10.1 Å². The van der Waals surface area contributed by atoms with Gasteiger partial charge in [-0.3, -0.25) is 4.79 Å². The Morgan fingerprint density at radius 2 is 2.00 bits per heavy atom. The summed E-state index contributed by atoms with van der Waals surface area (Å²) in [4.78, 5) is 16.4. The lowest BCUT2D eigenvalue weighted by Crippen LogP contribution is -2.16. The first-order valence-corrected chi connectivity index (χ1v) is 10.9. The van der Waals surface area contributed by atoms with Crippen LogP contribution in [0.2, 0.25) is 0 Å². The van der Waals surface area contributed by atoms with Crippen molar-refractivity contribution in [1.82, 2.24) is 19.7 Å². The summed E-state index contributed by atoms with van der Waals surface area (Å²) >= 11 is 2.70. The highest BCUT2D eigenvalue weighted by molar-refractivity contribution is 7.99. The van der Waals surface area contributed by atoms with Crippen molar-refractivity contribution in [1.29, 1.82) is 0 Å². The molecule has 0 spiro atoms. The van der Waals surface area contributed by atoms with Crippen LogP contribution in [0.15, 0.2) is 34.8 Å². The van der Waals surface area contributed by atoms with Crippen LogP contribution in [0.4, 0.5) is 9.52 Å². The topological polar surface area (TPSA) is 81.9 Å². The van der Waals surface area contributed by atoms with Crippen molar-refractivity contribution in [2.24, 2.45) is 0 Å². The highest BCUT2D eigenvalue weighted by Gasteiger charge is 2.22. The molecule has 10 heteroatoms. The van der Waals surface area contributed by atoms with Gasteiger partial charge in [0.05, 0.1) is 11.4 Å². The molecule has 2 aromatic heterocycles. The average Bonchev–Trinajstić information content (AvgIpc) is 3.28. The minimum absolute atomic E-state index is 0.0754. The quantitative estimate of drug-likeness (QED) is 0.520. The smallest absolute Gasteiger partial charge is 0.236 e. The van der Waals surface area contributed by atoms with Crippen LogP contribution in [0, 0.1) is 12.7 Å². The zero-order valence-corrected chi connectivity index (χ0v) is 18.2. The zero-order chi connectivity index (χ0) is 21.0. The number of rotatable bonds is 8. The van der Waals surface area contributed by atoms with Crippen LogP contribution in [0.25, 0.3) is 0 Å². The molecule has 2 heterocycles. The third kappa shape index (κ3) is 5.54. The van der Waals surface area contributed by atoms with E-state index in [-0.39, 0.29) is 23.5 Å². The van der Waals surface area contributed by atoms with Gasteiger partial charge in [0, 0.05) is 11.4 Å². The van der Waals surface area contributed by atoms with Crippen LogP contribution in [0.5, 0.6) is 5.75 Å². The van der Waals surface area contributed by atoms with Crippen LogP contribution >= 0.6 is 23.1 Å². The molecule has 0 radical (unpaired) electrons. The molecule has 154 valence electrons. The van der Waals surface area contributed by atoms with E-state index in [4.69, 9.17) is 4.74 Å². The maximum Gasteiger partial charge on any atom is 0.236 e. The molecule has 3 aromatic rings. The molecule has 0 fully saturated rings. The van der Waals surface area contributed by atoms with Crippen molar-refractivity contribution in [2.45, 2.75) is 45.0 Å². The maximum atomic E-state index is 13.1. The van der Waals surface area contributed by atoms with Gasteiger partial charge in [-0.2, -0.15) is 0 Å². The molecule has 0 saturated carbocycles. The fourth-order valence-corrected chi connectivity index (χ4v) is 4.19. The molecule has 29 heavy (non-hydrogen) atoms. The number of hydrogen-bond donors (Lipinski definition) is 1. The van der Waals surface area contributed by atoms with Crippen molar-refractivity contribution in [3.05, 3.63) is 47.0 Å². The number of thioether (sulfide) groups is 1. The number of nitrogens with zero attached hydrogens (tertiary/aromatic N) is 4. The second-order valence-corrected chi connectivity index (χ2v) is 8.45. The predicted octanol–water partition coefficient (Wildman–Crippen LogP) is 4.63. The van der Waals surface area contributed by atoms with Gasteiger partial charge in [-0.1, -0.05) is 11.8 Å². The number of carbonyl (C=O) groups excluding carboxylic acids is 1. The molecular formula is C19H22FN5O2S2. The van der Waals surface area contributed by atoms with E-state index in [1.165, 1.54) is 35.2 Å². The van der Waals surface area contributed by atoms with Gasteiger partial charge in [0.25, 0.3) is 0 Å². The summed E-state index contributed by atoms with van der Waals surface area (Å²) in [5, 5.41) is 14.4. The minimum atomic E-state index is -0.392. The Morgan fingerprint density at radius 3 is 2.62 bits per heavy atom. The molecule has 1 atom stereocenters. The summed E-state index contributed by atoms with van der Waals surface area (Å²) < 4.78 is 20.9. The molecule has 7 nitrogen and oxygen atoms in total. The molecule has 0 aliphatic heterocycles. The number of carbonyl (C=O) groups is 1. The Morgan fingerprint density at radius 1 is 1.28 bits per heavy atom. The van der Waals surface area contributed by atoms with Crippen LogP contribution in [0.3, 0.4) is 0 Å². The SMILES string of the molecule is Cc1csc(NC(=O)CSc2nnc(C(C)Oc3ccc(F)cc3)n2C(C)C)n1. The highest BCUT2D eigenvalue weighted by Crippen LogP contribution is 2.28. The maximum absolute atomic E-state index is 13.1. The number of aryl methyl sites for hydroxylation is 1. The first kappa shape index (κ1) is 21.3. The van der Waals surface area contributed by atoms with Crippen LogP contribution in [-0.2, 0) is 4.79 Å². The van der Waals surface area contributed by atoms with Gasteiger partial charge < -0.3 is 14.6 Å². The number of halogens is 1. The van der Waals surface area contributed by atoms with E-state index in [0.717, 1.165) is 5.69 Å². The van der Waals surface area contributed by atoms with Gasteiger partial charge in [0.15, 0.2) is 22.2 Å². The lowest BCUT2D eigenvalue weighted by atomic mass is 10.3. The Kier molecular flexibility index (Phi) is 6.86. The zero-order valence-electron chi connectivity index (χ0n) is 16.5. The molecule has 0 aliphatic rings. The number of amides is 1. The van der Waals surface area contributed by atoms with E-state index < -0.39 is 6.10 Å². The Bertz CT molecular complexity index is 971. The second-order valence-electron chi connectivity index (χ2n) is 6.65. The van der Waals surface area contributed by atoms with Crippen molar-refractivity contribution in [3.8, 4) is 5.75 Å². The first-order chi connectivity index (χ1) is 13.8. The molecule has 1 N–H and O–H groups in total. The van der Waals surface area contributed by atoms with Gasteiger partial charge in [-0.25, -0.2) is 9.37 Å². The van der Waals surface area contributed by atoms with Crippen molar-refractivity contribution in [2.75, 3.05) is 11.1 Å². The predicted molar refractivity (Wildman–Crippen MR) is 112 cm³/mol. The lowest BCUT2D eigenvalue weighted by Gasteiger charge is -2.18. The molecule has 0 aliphatic carbocycles. The Balaban J connectivity index is 1.67. The number of hydrogen-bond acceptors (Lipinski definition) is 7. The number of anilines is 1. The number of ether oxygens (including phenoxy) is 1. The standard InChI is InChI=1S/C19H22FN5O2S2/c1-11(2)25-17(13(4)27-15-7-5-14(20)6-8-15)23-24-19(25)29-10-16(26)22-18-21-12(3)9-28-18/h5-9,11,13H,10H2,1-4H3,(H,21,22,26). The summed E-state index contributed by atoms with van der Waals surface area (Å²) in [5.41, 5.74) is 0.872. The largest absolute Gasteiger partial charge is 0.483 e. The van der Waals surface area contributed by atoms with E-state index in [1.807, 2.05) is 37.6 Å². The minimum Gasteiger partial charge on any atom is -0.483 e. The van der Waals surface area contributed by atoms with E-state index in [1.54, 1.807) is 12.1 Å². The van der Waals surface area contributed by atoms with Crippen LogP contribution in [-0.4, -0.2) is 31.4 Å². The third-order valence-electron chi connectivity index (χ3n) is 3.90. The van der Waals surface area contributed by atoms with E-state index in [0.29, 0.717) is 21.9 Å². The van der Waals surface area contributed by atoms with Gasteiger partial charge in [0.2, 0.25) is 5.91 Å². The summed E-state index contributed by atoms with van der Waals surface area (Å²) in [5.74, 6) is 0.906.